The highest BCUT2D eigenvalue weighted by Crippen LogP contribution is 2.30. The van der Waals surface area contributed by atoms with Crippen LogP contribution in [0, 0.1) is 11.3 Å². The number of hydrogen-bond donors (Lipinski definition) is 1. The topological polar surface area (TPSA) is 49.4 Å². The zero-order chi connectivity index (χ0) is 13.3. The van der Waals surface area contributed by atoms with Gasteiger partial charge in [0.25, 0.3) is 0 Å². The van der Waals surface area contributed by atoms with Crippen molar-refractivity contribution in [1.29, 1.82) is 0 Å². The lowest BCUT2D eigenvalue weighted by atomic mass is 9.85. The van der Waals surface area contributed by atoms with Gasteiger partial charge in [-0.25, -0.2) is 0 Å². The summed E-state index contributed by atoms with van der Waals surface area (Å²) in [6.45, 7) is 8.93. The van der Waals surface area contributed by atoms with Gasteiger partial charge in [-0.3, -0.25) is 9.59 Å². The highest BCUT2D eigenvalue weighted by Gasteiger charge is 2.40. The Kier molecular flexibility index (Phi) is 3.46. The van der Waals surface area contributed by atoms with Crippen LogP contribution in [0.2, 0.25) is 0 Å². The molecule has 0 aromatic carbocycles. The Labute approximate surface area is 108 Å². The van der Waals surface area contributed by atoms with Crippen molar-refractivity contribution in [2.24, 2.45) is 11.3 Å². The molecule has 4 nitrogen and oxygen atoms in total. The van der Waals surface area contributed by atoms with Crippen LogP contribution < -0.4 is 5.32 Å². The van der Waals surface area contributed by atoms with E-state index in [2.05, 4.69) is 11.9 Å². The standard InChI is InChI=1S/C14H22N2O2/c1-4-14(3,5-2)13(18)16-8-11(9-16)15-12(17)10-6-7-10/h4,10-11H,1,5-9H2,2-3H3,(H,15,17)/t14-/m0/s1. The van der Waals surface area contributed by atoms with Crippen LogP contribution in [0.25, 0.3) is 0 Å². The van der Waals surface area contributed by atoms with Crippen LogP contribution in [0.4, 0.5) is 0 Å². The normalized spacial score (nSPS) is 22.9. The molecule has 2 fully saturated rings. The van der Waals surface area contributed by atoms with Crippen molar-refractivity contribution in [3.05, 3.63) is 12.7 Å². The Morgan fingerprint density at radius 2 is 2.06 bits per heavy atom. The van der Waals surface area contributed by atoms with Crippen molar-refractivity contribution >= 4 is 11.8 Å². The van der Waals surface area contributed by atoms with Gasteiger partial charge in [-0.2, -0.15) is 0 Å². The molecule has 1 heterocycles. The molecule has 0 aromatic heterocycles. The predicted octanol–water partition coefficient (Wildman–Crippen LogP) is 1.33. The Balaban J connectivity index is 1.79. The zero-order valence-corrected chi connectivity index (χ0v) is 11.2. The molecule has 4 heteroatoms. The maximum atomic E-state index is 12.2. The van der Waals surface area contributed by atoms with Crippen LogP contribution in [-0.2, 0) is 9.59 Å². The molecule has 0 bridgehead atoms. The fraction of sp³-hybridized carbons (Fsp3) is 0.714. The van der Waals surface area contributed by atoms with Gasteiger partial charge in [0.2, 0.25) is 11.8 Å². The Morgan fingerprint density at radius 3 is 2.50 bits per heavy atom. The van der Waals surface area contributed by atoms with Crippen LogP contribution in [-0.4, -0.2) is 35.8 Å². The average Bonchev–Trinajstić information content (AvgIpc) is 3.15. The SMILES string of the molecule is C=C[C@@](C)(CC)C(=O)N1CC(NC(=O)C2CC2)C1. The van der Waals surface area contributed by atoms with E-state index in [1.807, 2.05) is 18.7 Å². The van der Waals surface area contributed by atoms with Crippen LogP contribution >= 0.6 is 0 Å². The first kappa shape index (κ1) is 13.1. The average molecular weight is 250 g/mol. The number of carbonyl (C=O) groups excluding carboxylic acids is 2. The molecule has 2 aliphatic rings. The van der Waals surface area contributed by atoms with E-state index in [1.165, 1.54) is 0 Å². The minimum Gasteiger partial charge on any atom is -0.350 e. The fourth-order valence-electron chi connectivity index (χ4n) is 2.14. The monoisotopic (exact) mass is 250 g/mol. The summed E-state index contributed by atoms with van der Waals surface area (Å²) in [6, 6.07) is 0.146. The largest absolute Gasteiger partial charge is 0.350 e. The van der Waals surface area contributed by atoms with E-state index in [4.69, 9.17) is 0 Å². The van der Waals surface area contributed by atoms with Crippen LogP contribution in [0.1, 0.15) is 33.1 Å². The first-order valence-electron chi connectivity index (χ1n) is 6.73. The summed E-state index contributed by atoms with van der Waals surface area (Å²) in [5.41, 5.74) is -0.467. The second-order valence-electron chi connectivity index (χ2n) is 5.67. The summed E-state index contributed by atoms with van der Waals surface area (Å²) in [5, 5.41) is 2.99. The summed E-state index contributed by atoms with van der Waals surface area (Å²) in [7, 11) is 0. The van der Waals surface area contributed by atoms with Gasteiger partial charge in [-0.15, -0.1) is 6.58 Å². The van der Waals surface area contributed by atoms with E-state index in [1.54, 1.807) is 6.08 Å². The van der Waals surface area contributed by atoms with E-state index >= 15 is 0 Å². The Morgan fingerprint density at radius 1 is 1.44 bits per heavy atom. The molecule has 18 heavy (non-hydrogen) atoms. The molecule has 0 spiro atoms. The van der Waals surface area contributed by atoms with Gasteiger partial charge in [0.1, 0.15) is 0 Å². The molecule has 2 amide bonds. The summed E-state index contributed by atoms with van der Waals surface area (Å²) in [5.74, 6) is 0.523. The number of amides is 2. The molecular weight excluding hydrogens is 228 g/mol. The van der Waals surface area contributed by atoms with Gasteiger partial charge in [0.15, 0.2) is 0 Å². The number of hydrogen-bond acceptors (Lipinski definition) is 2. The lowest BCUT2D eigenvalue weighted by Gasteiger charge is -2.43. The maximum absolute atomic E-state index is 12.2. The third kappa shape index (κ3) is 2.42. The first-order valence-corrected chi connectivity index (χ1v) is 6.73. The molecule has 1 aliphatic heterocycles. The molecule has 1 saturated carbocycles. The van der Waals surface area contributed by atoms with Crippen molar-refractivity contribution < 1.29 is 9.59 Å². The molecule has 2 rings (SSSR count). The van der Waals surface area contributed by atoms with Gasteiger partial charge in [-0.05, 0) is 26.2 Å². The quantitative estimate of drug-likeness (QED) is 0.748. The van der Waals surface area contributed by atoms with E-state index < -0.39 is 5.41 Å². The summed E-state index contributed by atoms with van der Waals surface area (Å²) < 4.78 is 0. The molecule has 1 atom stereocenters. The number of nitrogens with one attached hydrogen (secondary N) is 1. The van der Waals surface area contributed by atoms with Crippen molar-refractivity contribution in [3.63, 3.8) is 0 Å². The summed E-state index contributed by atoms with van der Waals surface area (Å²) in [6.07, 6.45) is 4.52. The maximum Gasteiger partial charge on any atom is 0.232 e. The number of likely N-dealkylation sites (tertiary alicyclic amines) is 1. The van der Waals surface area contributed by atoms with Crippen molar-refractivity contribution in [2.75, 3.05) is 13.1 Å². The minimum absolute atomic E-state index is 0.122. The van der Waals surface area contributed by atoms with E-state index in [9.17, 15) is 9.59 Å². The van der Waals surface area contributed by atoms with Crippen LogP contribution in [0.3, 0.4) is 0 Å². The predicted molar refractivity (Wildman–Crippen MR) is 69.8 cm³/mol. The highest BCUT2D eigenvalue weighted by atomic mass is 16.2. The second-order valence-corrected chi connectivity index (χ2v) is 5.67. The van der Waals surface area contributed by atoms with Gasteiger partial charge in [0, 0.05) is 19.0 Å². The molecule has 0 aromatic rings. The molecule has 1 N–H and O–H groups in total. The zero-order valence-electron chi connectivity index (χ0n) is 11.2. The van der Waals surface area contributed by atoms with Gasteiger partial charge in [0.05, 0.1) is 11.5 Å². The number of nitrogens with zero attached hydrogens (tertiary/aromatic N) is 1. The fourth-order valence-corrected chi connectivity index (χ4v) is 2.14. The number of carbonyl (C=O) groups is 2. The molecule has 1 saturated heterocycles. The second kappa shape index (κ2) is 4.75. The Hall–Kier alpha value is -1.32. The Bertz CT molecular complexity index is 370. The molecule has 100 valence electrons. The summed E-state index contributed by atoms with van der Waals surface area (Å²) in [4.78, 5) is 25.6. The van der Waals surface area contributed by atoms with Gasteiger partial charge in [-0.1, -0.05) is 13.0 Å². The van der Waals surface area contributed by atoms with E-state index in [0.29, 0.717) is 13.1 Å². The lowest BCUT2D eigenvalue weighted by molar-refractivity contribution is -0.145. The molecular formula is C14H22N2O2. The highest BCUT2D eigenvalue weighted by molar-refractivity contribution is 5.86. The van der Waals surface area contributed by atoms with Gasteiger partial charge < -0.3 is 10.2 Å². The van der Waals surface area contributed by atoms with Crippen molar-refractivity contribution in [2.45, 2.75) is 39.2 Å². The molecule has 0 radical (unpaired) electrons. The van der Waals surface area contributed by atoms with Crippen LogP contribution in [0.5, 0.6) is 0 Å². The molecule has 0 unspecified atom stereocenters. The van der Waals surface area contributed by atoms with Crippen molar-refractivity contribution in [3.8, 4) is 0 Å². The van der Waals surface area contributed by atoms with Crippen LogP contribution in [0.15, 0.2) is 12.7 Å². The smallest absolute Gasteiger partial charge is 0.232 e. The van der Waals surface area contributed by atoms with Gasteiger partial charge >= 0.3 is 0 Å². The lowest BCUT2D eigenvalue weighted by Crippen LogP contribution is -2.63. The third-order valence-electron chi connectivity index (χ3n) is 4.14. The number of rotatable bonds is 5. The van der Waals surface area contributed by atoms with Crippen molar-refractivity contribution in [1.82, 2.24) is 10.2 Å². The molecule has 1 aliphatic carbocycles. The summed E-state index contributed by atoms with van der Waals surface area (Å²) >= 11 is 0. The van der Waals surface area contributed by atoms with E-state index in [-0.39, 0.29) is 23.8 Å². The first-order chi connectivity index (χ1) is 8.50. The third-order valence-corrected chi connectivity index (χ3v) is 4.14. The van der Waals surface area contributed by atoms with E-state index in [0.717, 1.165) is 19.3 Å². The minimum atomic E-state index is -0.467.